The molecule has 1 N–H and O–H groups in total. The van der Waals surface area contributed by atoms with Crippen molar-refractivity contribution in [1.29, 1.82) is 0 Å². The lowest BCUT2D eigenvalue weighted by Crippen LogP contribution is -2.60. The minimum absolute atomic E-state index is 0.00573. The molecular weight excluding hydrogens is 712 g/mol. The van der Waals surface area contributed by atoms with E-state index in [4.69, 9.17) is 14.6 Å². The molecule has 2 aromatic carbocycles. The van der Waals surface area contributed by atoms with Crippen LogP contribution in [0.1, 0.15) is 59.2 Å². The smallest absolute Gasteiger partial charge is 0.341 e. The van der Waals surface area contributed by atoms with Gasteiger partial charge in [0.05, 0.1) is 11.0 Å². The summed E-state index contributed by atoms with van der Waals surface area (Å²) in [6.45, 7) is 0. The molecule has 0 saturated heterocycles. The van der Waals surface area contributed by atoms with Crippen LogP contribution in [0.25, 0.3) is 0 Å². The fraction of sp³-hybridized carbons (Fsp3) is 0.400. The van der Waals surface area contributed by atoms with E-state index in [1.807, 2.05) is 0 Å². The van der Waals surface area contributed by atoms with E-state index in [-0.39, 0.29) is 36.7 Å². The first kappa shape index (κ1) is 27.6. The van der Waals surface area contributed by atoms with Gasteiger partial charge >= 0.3 is 17.9 Å². The van der Waals surface area contributed by atoms with Crippen molar-refractivity contribution in [3.8, 4) is 5.75 Å². The third-order valence-electron chi connectivity index (χ3n) is 7.59. The van der Waals surface area contributed by atoms with Crippen molar-refractivity contribution in [2.24, 2.45) is 17.3 Å². The number of hydrogen-bond donors (Lipinski definition) is 1. The molecule has 2 atom stereocenters. The molecule has 0 aliphatic heterocycles. The molecule has 6 nitrogen and oxygen atoms in total. The van der Waals surface area contributed by atoms with Crippen LogP contribution in [0.2, 0.25) is 0 Å². The molecule has 4 saturated carbocycles. The zero-order valence-electron chi connectivity index (χ0n) is 19.2. The van der Waals surface area contributed by atoms with Gasteiger partial charge in [-0.1, -0.05) is 15.9 Å². The van der Waals surface area contributed by atoms with Crippen LogP contribution < -0.4 is 4.74 Å². The van der Waals surface area contributed by atoms with Gasteiger partial charge in [-0.05, 0) is 87.9 Å². The maximum absolute atomic E-state index is 14.5. The summed E-state index contributed by atoms with van der Waals surface area (Å²) in [5.41, 5.74) is -3.94. The van der Waals surface area contributed by atoms with Crippen LogP contribution >= 0.6 is 47.8 Å². The summed E-state index contributed by atoms with van der Waals surface area (Å²) in [6, 6.07) is 3.32. The first-order valence-electron chi connectivity index (χ1n) is 11.5. The summed E-state index contributed by atoms with van der Waals surface area (Å²) in [7, 11) is 0. The van der Waals surface area contributed by atoms with Gasteiger partial charge in [-0.25, -0.2) is 18.4 Å². The van der Waals surface area contributed by atoms with Gasteiger partial charge in [-0.2, -0.15) is 8.78 Å². The van der Waals surface area contributed by atoms with E-state index in [9.17, 15) is 31.9 Å². The van der Waals surface area contributed by atoms with E-state index >= 15 is 0 Å². The van der Waals surface area contributed by atoms with Crippen LogP contribution in [0.15, 0.2) is 25.6 Å². The zero-order chi connectivity index (χ0) is 27.7. The number of benzene rings is 2. The van der Waals surface area contributed by atoms with Crippen molar-refractivity contribution >= 4 is 65.7 Å². The number of hydrogen-bond acceptors (Lipinski definition) is 5. The molecule has 13 heteroatoms. The number of halogens is 7. The van der Waals surface area contributed by atoms with Crippen LogP contribution in [0.5, 0.6) is 5.75 Å². The van der Waals surface area contributed by atoms with Crippen molar-refractivity contribution < 1.29 is 46.5 Å². The third kappa shape index (κ3) is 4.47. The molecule has 2 unspecified atom stereocenters. The first-order chi connectivity index (χ1) is 17.8. The van der Waals surface area contributed by atoms with Crippen molar-refractivity contribution in [3.05, 3.63) is 59.9 Å². The summed E-state index contributed by atoms with van der Waals surface area (Å²) in [5, 5.41) is 8.88. The minimum atomic E-state index is -2.22. The maximum Gasteiger partial charge on any atom is 0.341 e. The number of carbonyl (C=O) groups excluding carboxylic acids is 2. The lowest BCUT2D eigenvalue weighted by molar-refractivity contribution is -0.190. The Morgan fingerprint density at radius 1 is 0.895 bits per heavy atom. The lowest BCUT2D eigenvalue weighted by atomic mass is 9.48. The second-order valence-electron chi connectivity index (χ2n) is 10.2. The van der Waals surface area contributed by atoms with Gasteiger partial charge in [0.15, 0.2) is 11.6 Å². The predicted molar refractivity (Wildman–Crippen MR) is 134 cm³/mol. The van der Waals surface area contributed by atoms with E-state index in [1.54, 1.807) is 12.1 Å². The molecule has 4 fully saturated rings. The molecule has 0 amide bonds. The number of carboxylic acid groups (broad SMARTS) is 1. The van der Waals surface area contributed by atoms with E-state index in [0.717, 1.165) is 6.42 Å². The highest BCUT2D eigenvalue weighted by Crippen LogP contribution is 2.63. The molecule has 4 bridgehead atoms. The highest BCUT2D eigenvalue weighted by atomic mass is 79.9. The summed E-state index contributed by atoms with van der Waals surface area (Å²) >= 11 is 10.1. The number of rotatable bonds is 5. The number of aromatic carboxylic acids is 1. The second-order valence-corrected chi connectivity index (χ2v) is 12.8. The van der Waals surface area contributed by atoms with Crippen molar-refractivity contribution in [3.63, 3.8) is 0 Å². The highest BCUT2D eigenvalue weighted by molar-refractivity contribution is 9.13. The molecule has 38 heavy (non-hydrogen) atoms. The topological polar surface area (TPSA) is 89.9 Å². The van der Waals surface area contributed by atoms with Gasteiger partial charge < -0.3 is 14.6 Å². The highest BCUT2D eigenvalue weighted by Gasteiger charge is 2.63. The Morgan fingerprint density at radius 3 is 2.03 bits per heavy atom. The average molecular weight is 729 g/mol. The van der Waals surface area contributed by atoms with Crippen molar-refractivity contribution in [2.75, 3.05) is 0 Å². The summed E-state index contributed by atoms with van der Waals surface area (Å²) in [4.78, 5) is 37.6. The molecule has 0 spiro atoms. The maximum atomic E-state index is 14.5. The standard InChI is InChI=1S/C25H17Br3F4O6/c26-11-2-12(15(28)13(27)3-11)22(35)38-25-6-9-1-10(7-25)5-24(4-9,8-25)23(36)37-20-18(31)16(29)14(21(33)34)17(30)19(20)32/h2-3,9-10H,1,4-8H2,(H,33,34). The average Bonchev–Trinajstić information content (AvgIpc) is 2.81. The fourth-order valence-electron chi connectivity index (χ4n) is 6.58. The van der Waals surface area contributed by atoms with Gasteiger partial charge in [-0.15, -0.1) is 0 Å². The van der Waals surface area contributed by atoms with Crippen LogP contribution in [-0.4, -0.2) is 28.6 Å². The Labute approximate surface area is 238 Å². The Bertz CT molecular complexity index is 1370. The SMILES string of the molecule is O=C(OC12CC3CC(C1)CC(C(=O)Oc1c(F)c(F)c(C(=O)O)c(F)c1F)(C3)C2)c1cc(Br)cc(Br)c1Br. The molecule has 0 aromatic heterocycles. The summed E-state index contributed by atoms with van der Waals surface area (Å²) in [6.07, 6.45) is 2.31. The van der Waals surface area contributed by atoms with E-state index in [1.165, 1.54) is 0 Å². The van der Waals surface area contributed by atoms with Crippen LogP contribution in [0.3, 0.4) is 0 Å². The minimum Gasteiger partial charge on any atom is -0.477 e. The van der Waals surface area contributed by atoms with E-state index in [0.29, 0.717) is 26.3 Å². The Morgan fingerprint density at radius 2 is 1.47 bits per heavy atom. The Kier molecular flexibility index (Phi) is 6.95. The Hall–Kier alpha value is -1.99. The molecule has 6 rings (SSSR count). The number of esters is 2. The predicted octanol–water partition coefficient (Wildman–Crippen LogP) is 7.33. The van der Waals surface area contributed by atoms with Crippen molar-refractivity contribution in [1.82, 2.24) is 0 Å². The van der Waals surface area contributed by atoms with Gasteiger partial charge in [0.25, 0.3) is 0 Å². The van der Waals surface area contributed by atoms with Crippen LogP contribution in [0.4, 0.5) is 17.6 Å². The monoisotopic (exact) mass is 726 g/mol. The van der Waals surface area contributed by atoms with Gasteiger partial charge in [0.1, 0.15) is 11.2 Å². The van der Waals surface area contributed by atoms with Gasteiger partial charge in [0.2, 0.25) is 17.4 Å². The van der Waals surface area contributed by atoms with Crippen LogP contribution in [0, 0.1) is 40.5 Å². The summed E-state index contributed by atoms with van der Waals surface area (Å²) in [5.74, 6) is -14.3. The fourth-order valence-corrected chi connectivity index (χ4v) is 8.20. The van der Waals surface area contributed by atoms with Crippen molar-refractivity contribution in [2.45, 2.75) is 44.1 Å². The molecule has 202 valence electrons. The first-order valence-corrected chi connectivity index (χ1v) is 13.8. The largest absolute Gasteiger partial charge is 0.477 e. The van der Waals surface area contributed by atoms with E-state index < -0.39 is 63.5 Å². The summed E-state index contributed by atoms with van der Waals surface area (Å²) < 4.78 is 70.1. The second kappa shape index (κ2) is 9.58. The third-order valence-corrected chi connectivity index (χ3v) is 10.1. The Balaban J connectivity index is 1.45. The quantitative estimate of drug-likeness (QED) is 0.150. The number of ether oxygens (including phenoxy) is 2. The molecule has 2 aromatic rings. The van der Waals surface area contributed by atoms with Crippen LogP contribution in [-0.2, 0) is 9.53 Å². The molecule has 0 heterocycles. The normalized spacial score (nSPS) is 27.3. The van der Waals surface area contributed by atoms with Gasteiger partial charge in [-0.3, -0.25) is 4.79 Å². The molecule has 0 radical (unpaired) electrons. The molecular formula is C25H17Br3F4O6. The number of carbonyl (C=O) groups is 3. The number of carboxylic acids is 1. The lowest BCUT2D eigenvalue weighted by Gasteiger charge is -2.59. The molecule has 4 aliphatic carbocycles. The zero-order valence-corrected chi connectivity index (χ0v) is 23.9. The molecule has 4 aliphatic rings. The van der Waals surface area contributed by atoms with E-state index in [2.05, 4.69) is 47.8 Å². The van der Waals surface area contributed by atoms with Gasteiger partial charge in [0, 0.05) is 19.8 Å².